The zero-order valence-corrected chi connectivity index (χ0v) is 11.9. The van der Waals surface area contributed by atoms with Gasteiger partial charge in [0.15, 0.2) is 0 Å². The molecule has 1 aliphatic heterocycles. The fourth-order valence-corrected chi connectivity index (χ4v) is 2.05. The van der Waals surface area contributed by atoms with Crippen molar-refractivity contribution in [3.63, 3.8) is 0 Å². The number of piperazine rings is 1. The number of carbonyl (C=O) groups is 2. The summed E-state index contributed by atoms with van der Waals surface area (Å²) in [6.45, 7) is 8.02. The molecule has 1 aliphatic rings. The highest BCUT2D eigenvalue weighted by molar-refractivity contribution is 5.78. The summed E-state index contributed by atoms with van der Waals surface area (Å²) in [4.78, 5) is 25.0. The van der Waals surface area contributed by atoms with E-state index in [9.17, 15) is 9.59 Å². The number of ether oxygens (including phenoxy) is 1. The van der Waals surface area contributed by atoms with Crippen molar-refractivity contribution in [3.05, 3.63) is 0 Å². The van der Waals surface area contributed by atoms with E-state index < -0.39 is 0 Å². The Balaban J connectivity index is 2.09. The fourth-order valence-electron chi connectivity index (χ4n) is 2.05. The summed E-state index contributed by atoms with van der Waals surface area (Å²) in [5.41, 5.74) is 0. The van der Waals surface area contributed by atoms with Gasteiger partial charge >= 0.3 is 5.97 Å². The van der Waals surface area contributed by atoms with Crippen molar-refractivity contribution in [1.82, 2.24) is 15.5 Å². The Morgan fingerprint density at radius 2 is 2.26 bits per heavy atom. The normalized spacial score (nSPS) is 20.0. The Bertz CT molecular complexity index is 297. The predicted molar refractivity (Wildman–Crippen MR) is 72.8 cm³/mol. The van der Waals surface area contributed by atoms with Gasteiger partial charge in [-0.05, 0) is 20.3 Å². The first-order valence-electron chi connectivity index (χ1n) is 7.00. The SMILES string of the molecule is CCOC(=O)CCCNC(=O)CN1CCNC[C@H]1C. The third kappa shape index (κ3) is 6.54. The molecule has 1 rings (SSSR count). The Hall–Kier alpha value is -1.14. The molecule has 0 aromatic carbocycles. The van der Waals surface area contributed by atoms with Crippen LogP contribution >= 0.6 is 0 Å². The van der Waals surface area contributed by atoms with E-state index in [1.807, 2.05) is 0 Å². The van der Waals surface area contributed by atoms with E-state index in [0.29, 0.717) is 38.6 Å². The molecule has 0 aromatic rings. The first-order chi connectivity index (χ1) is 9.13. The van der Waals surface area contributed by atoms with Gasteiger partial charge in [0.05, 0.1) is 13.2 Å². The zero-order valence-electron chi connectivity index (χ0n) is 11.9. The van der Waals surface area contributed by atoms with Gasteiger partial charge in [-0.3, -0.25) is 14.5 Å². The Morgan fingerprint density at radius 1 is 1.47 bits per heavy atom. The summed E-state index contributed by atoms with van der Waals surface area (Å²) >= 11 is 0. The molecule has 2 N–H and O–H groups in total. The lowest BCUT2D eigenvalue weighted by Crippen LogP contribution is -2.52. The number of rotatable bonds is 7. The Kier molecular flexibility index (Phi) is 7.43. The van der Waals surface area contributed by atoms with Gasteiger partial charge in [0.1, 0.15) is 0 Å². The lowest BCUT2D eigenvalue weighted by atomic mass is 10.2. The first kappa shape index (κ1) is 15.9. The van der Waals surface area contributed by atoms with Gasteiger partial charge in [-0.15, -0.1) is 0 Å². The molecule has 6 heteroatoms. The molecule has 1 atom stereocenters. The van der Waals surface area contributed by atoms with Gasteiger partial charge in [0.2, 0.25) is 5.91 Å². The van der Waals surface area contributed by atoms with Crippen molar-refractivity contribution >= 4 is 11.9 Å². The van der Waals surface area contributed by atoms with Crippen LogP contribution in [0.4, 0.5) is 0 Å². The quantitative estimate of drug-likeness (QED) is 0.493. The van der Waals surface area contributed by atoms with Crippen LogP contribution in [0.15, 0.2) is 0 Å². The molecule has 0 aromatic heterocycles. The number of carbonyl (C=O) groups excluding carboxylic acids is 2. The van der Waals surface area contributed by atoms with Gasteiger partial charge in [0, 0.05) is 38.6 Å². The smallest absolute Gasteiger partial charge is 0.305 e. The number of amides is 1. The van der Waals surface area contributed by atoms with Crippen LogP contribution in [-0.4, -0.2) is 62.1 Å². The van der Waals surface area contributed by atoms with Crippen LogP contribution in [0, 0.1) is 0 Å². The molecule has 0 bridgehead atoms. The van der Waals surface area contributed by atoms with Crippen LogP contribution in [0.5, 0.6) is 0 Å². The lowest BCUT2D eigenvalue weighted by Gasteiger charge is -2.33. The van der Waals surface area contributed by atoms with Crippen molar-refractivity contribution in [2.75, 3.05) is 39.3 Å². The second kappa shape index (κ2) is 8.87. The molecule has 1 heterocycles. The number of nitrogens with zero attached hydrogens (tertiary/aromatic N) is 1. The minimum absolute atomic E-state index is 0.0256. The average Bonchev–Trinajstić information content (AvgIpc) is 2.38. The monoisotopic (exact) mass is 271 g/mol. The standard InChI is InChI=1S/C13H25N3O3/c1-3-19-13(18)5-4-6-15-12(17)10-16-8-7-14-9-11(16)2/h11,14H,3-10H2,1-2H3,(H,15,17)/t11-/m1/s1. The van der Waals surface area contributed by atoms with E-state index in [2.05, 4.69) is 22.5 Å². The molecule has 0 radical (unpaired) electrons. The highest BCUT2D eigenvalue weighted by Gasteiger charge is 2.19. The van der Waals surface area contributed by atoms with Crippen LogP contribution in [-0.2, 0) is 14.3 Å². The maximum atomic E-state index is 11.7. The third-order valence-corrected chi connectivity index (χ3v) is 3.17. The Labute approximate surface area is 114 Å². The van der Waals surface area contributed by atoms with E-state index in [1.165, 1.54) is 0 Å². The fraction of sp³-hybridized carbons (Fsp3) is 0.846. The van der Waals surface area contributed by atoms with E-state index >= 15 is 0 Å². The maximum absolute atomic E-state index is 11.7. The molecular formula is C13H25N3O3. The molecule has 6 nitrogen and oxygen atoms in total. The molecular weight excluding hydrogens is 246 g/mol. The summed E-state index contributed by atoms with van der Waals surface area (Å²) in [6, 6.07) is 0.388. The largest absolute Gasteiger partial charge is 0.466 e. The summed E-state index contributed by atoms with van der Waals surface area (Å²) < 4.78 is 4.82. The second-order valence-electron chi connectivity index (χ2n) is 4.78. The van der Waals surface area contributed by atoms with Gasteiger partial charge < -0.3 is 15.4 Å². The van der Waals surface area contributed by atoms with E-state index in [-0.39, 0.29) is 11.9 Å². The predicted octanol–water partition coefficient (Wildman–Crippen LogP) is -0.260. The molecule has 19 heavy (non-hydrogen) atoms. The van der Waals surface area contributed by atoms with Gasteiger partial charge in [-0.2, -0.15) is 0 Å². The topological polar surface area (TPSA) is 70.7 Å². The van der Waals surface area contributed by atoms with E-state index in [4.69, 9.17) is 4.74 Å². The second-order valence-corrected chi connectivity index (χ2v) is 4.78. The minimum Gasteiger partial charge on any atom is -0.466 e. The summed E-state index contributed by atoms with van der Waals surface area (Å²) in [7, 11) is 0. The molecule has 110 valence electrons. The number of nitrogens with one attached hydrogen (secondary N) is 2. The Morgan fingerprint density at radius 3 is 2.95 bits per heavy atom. The summed E-state index contributed by atoms with van der Waals surface area (Å²) in [6.07, 6.45) is 0.986. The summed E-state index contributed by atoms with van der Waals surface area (Å²) in [5.74, 6) is -0.176. The number of hydrogen-bond acceptors (Lipinski definition) is 5. The van der Waals surface area contributed by atoms with Gasteiger partial charge in [0.25, 0.3) is 0 Å². The maximum Gasteiger partial charge on any atom is 0.305 e. The molecule has 1 amide bonds. The van der Waals surface area contributed by atoms with E-state index in [1.54, 1.807) is 6.92 Å². The summed E-state index contributed by atoms with van der Waals surface area (Å²) in [5, 5.41) is 6.13. The number of esters is 1. The van der Waals surface area contributed by atoms with Crippen LogP contribution in [0.1, 0.15) is 26.7 Å². The molecule has 0 spiro atoms. The van der Waals surface area contributed by atoms with Crippen molar-refractivity contribution in [2.45, 2.75) is 32.7 Å². The highest BCUT2D eigenvalue weighted by Crippen LogP contribution is 2.01. The lowest BCUT2D eigenvalue weighted by molar-refractivity contribution is -0.143. The average molecular weight is 271 g/mol. The highest BCUT2D eigenvalue weighted by atomic mass is 16.5. The van der Waals surface area contributed by atoms with Crippen LogP contribution in [0.3, 0.4) is 0 Å². The van der Waals surface area contributed by atoms with Gasteiger partial charge in [-0.1, -0.05) is 0 Å². The van der Waals surface area contributed by atoms with E-state index in [0.717, 1.165) is 19.6 Å². The number of hydrogen-bond donors (Lipinski definition) is 2. The zero-order chi connectivity index (χ0) is 14.1. The minimum atomic E-state index is -0.201. The molecule has 0 unspecified atom stereocenters. The van der Waals surface area contributed by atoms with Crippen molar-refractivity contribution in [3.8, 4) is 0 Å². The van der Waals surface area contributed by atoms with Gasteiger partial charge in [-0.25, -0.2) is 0 Å². The molecule has 1 fully saturated rings. The molecule has 1 saturated heterocycles. The first-order valence-corrected chi connectivity index (χ1v) is 7.00. The molecule has 0 aliphatic carbocycles. The van der Waals surface area contributed by atoms with Crippen LogP contribution in [0.25, 0.3) is 0 Å². The molecule has 0 saturated carbocycles. The van der Waals surface area contributed by atoms with Crippen molar-refractivity contribution in [1.29, 1.82) is 0 Å². The third-order valence-electron chi connectivity index (χ3n) is 3.17. The van der Waals surface area contributed by atoms with Crippen molar-refractivity contribution in [2.24, 2.45) is 0 Å². The van der Waals surface area contributed by atoms with Crippen LogP contribution < -0.4 is 10.6 Å². The van der Waals surface area contributed by atoms with Crippen molar-refractivity contribution < 1.29 is 14.3 Å². The van der Waals surface area contributed by atoms with Crippen LogP contribution in [0.2, 0.25) is 0 Å².